The van der Waals surface area contributed by atoms with Crippen molar-refractivity contribution in [3.05, 3.63) is 14.7 Å². The van der Waals surface area contributed by atoms with E-state index in [1.165, 1.54) is 10.4 Å². The summed E-state index contributed by atoms with van der Waals surface area (Å²) in [5.41, 5.74) is 5.87. The van der Waals surface area contributed by atoms with Gasteiger partial charge < -0.3 is 5.73 Å². The fourth-order valence-corrected chi connectivity index (χ4v) is 5.92. The van der Waals surface area contributed by atoms with Gasteiger partial charge in [0.05, 0.1) is 4.34 Å². The van der Waals surface area contributed by atoms with Crippen LogP contribution in [0.15, 0.2) is 11.0 Å². The minimum atomic E-state index is -3.59. The van der Waals surface area contributed by atoms with Gasteiger partial charge in [0, 0.05) is 19.1 Å². The van der Waals surface area contributed by atoms with Crippen LogP contribution < -0.4 is 5.73 Å². The van der Waals surface area contributed by atoms with Gasteiger partial charge in [0.25, 0.3) is 0 Å². The lowest BCUT2D eigenvalue weighted by Crippen LogP contribution is -2.48. The first-order valence-corrected chi connectivity index (χ1v) is 8.52. The number of halogens is 2. The highest BCUT2D eigenvalue weighted by molar-refractivity contribution is 7.89. The Morgan fingerprint density at radius 2 is 2.11 bits per heavy atom. The summed E-state index contributed by atoms with van der Waals surface area (Å²) in [5.74, 6) is 0.247. The van der Waals surface area contributed by atoms with Gasteiger partial charge >= 0.3 is 0 Å². The summed E-state index contributed by atoms with van der Waals surface area (Å²) in [4.78, 5) is 0.0838. The maximum Gasteiger partial charge on any atom is 0.245 e. The molecule has 0 bridgehead atoms. The average Bonchev–Trinajstić information content (AvgIpc) is 2.57. The van der Waals surface area contributed by atoms with Crippen LogP contribution in [0.3, 0.4) is 0 Å². The fraction of sp³-hybridized carbons (Fsp3) is 0.600. The lowest BCUT2D eigenvalue weighted by molar-refractivity contribution is 0.254. The molecule has 1 saturated heterocycles. The monoisotopic (exact) mass is 328 g/mol. The highest BCUT2D eigenvalue weighted by Crippen LogP contribution is 2.36. The number of piperidine rings is 1. The Labute approximate surface area is 121 Å². The normalized spacial score (nSPS) is 26.4. The topological polar surface area (TPSA) is 63.4 Å². The lowest BCUT2D eigenvalue weighted by atomic mass is 9.99. The lowest BCUT2D eigenvalue weighted by Gasteiger charge is -2.33. The summed E-state index contributed by atoms with van der Waals surface area (Å²) >= 11 is 12.8. The van der Waals surface area contributed by atoms with Crippen molar-refractivity contribution in [3.63, 3.8) is 0 Å². The second-order valence-corrected chi connectivity index (χ2v) is 8.80. The van der Waals surface area contributed by atoms with E-state index in [0.29, 0.717) is 17.4 Å². The van der Waals surface area contributed by atoms with Crippen LogP contribution in [0.5, 0.6) is 0 Å². The molecule has 102 valence electrons. The number of nitrogens with zero attached hydrogens (tertiary/aromatic N) is 1. The van der Waals surface area contributed by atoms with Gasteiger partial charge in [-0.05, 0) is 18.4 Å². The summed E-state index contributed by atoms with van der Waals surface area (Å²) in [7, 11) is -3.59. The van der Waals surface area contributed by atoms with E-state index in [2.05, 4.69) is 0 Å². The molecule has 1 fully saturated rings. The van der Waals surface area contributed by atoms with Crippen molar-refractivity contribution in [2.24, 2.45) is 11.7 Å². The second kappa shape index (κ2) is 5.26. The van der Waals surface area contributed by atoms with E-state index in [9.17, 15) is 8.42 Å². The maximum absolute atomic E-state index is 12.4. The van der Waals surface area contributed by atoms with Crippen LogP contribution in [0.4, 0.5) is 0 Å². The molecule has 18 heavy (non-hydrogen) atoms. The second-order valence-electron chi connectivity index (χ2n) is 4.61. The SMILES string of the molecule is CC1CC(N)CN(S(=O)(=O)c2cc(Cl)sc2Cl)C1. The van der Waals surface area contributed by atoms with Crippen LogP contribution in [0, 0.1) is 5.92 Å². The molecule has 8 heteroatoms. The summed E-state index contributed by atoms with van der Waals surface area (Å²) in [6.45, 7) is 2.79. The Kier molecular flexibility index (Phi) is 4.26. The average molecular weight is 329 g/mol. The number of sulfonamides is 1. The third-order valence-corrected chi connectivity index (χ3v) is 6.49. The summed E-state index contributed by atoms with van der Waals surface area (Å²) < 4.78 is 26.9. The van der Waals surface area contributed by atoms with Crippen molar-refractivity contribution in [1.82, 2.24) is 4.31 Å². The van der Waals surface area contributed by atoms with Crippen LogP contribution in [0.1, 0.15) is 13.3 Å². The number of thiophene rings is 1. The van der Waals surface area contributed by atoms with Gasteiger partial charge in [0.2, 0.25) is 10.0 Å². The first-order chi connectivity index (χ1) is 8.30. The molecule has 0 amide bonds. The van der Waals surface area contributed by atoms with Crippen LogP contribution in [-0.4, -0.2) is 31.9 Å². The van der Waals surface area contributed by atoms with Gasteiger partial charge in [0.1, 0.15) is 9.23 Å². The van der Waals surface area contributed by atoms with E-state index in [1.54, 1.807) is 0 Å². The van der Waals surface area contributed by atoms with E-state index in [4.69, 9.17) is 28.9 Å². The molecule has 2 heterocycles. The molecule has 1 aromatic heterocycles. The minimum absolute atomic E-state index is 0.0838. The zero-order valence-electron chi connectivity index (χ0n) is 9.77. The molecule has 1 aliphatic heterocycles. The van der Waals surface area contributed by atoms with Crippen molar-refractivity contribution in [2.45, 2.75) is 24.3 Å². The summed E-state index contributed by atoms with van der Waals surface area (Å²) in [6.07, 6.45) is 0.837. The van der Waals surface area contributed by atoms with Crippen molar-refractivity contribution in [2.75, 3.05) is 13.1 Å². The van der Waals surface area contributed by atoms with Crippen LogP contribution in [-0.2, 0) is 10.0 Å². The molecule has 1 aliphatic rings. The first kappa shape index (κ1) is 14.6. The van der Waals surface area contributed by atoms with Crippen LogP contribution in [0.25, 0.3) is 0 Å². The quantitative estimate of drug-likeness (QED) is 0.906. The third kappa shape index (κ3) is 2.84. The van der Waals surface area contributed by atoms with Crippen LogP contribution in [0.2, 0.25) is 8.67 Å². The molecule has 1 aromatic rings. The highest BCUT2D eigenvalue weighted by atomic mass is 35.5. The van der Waals surface area contributed by atoms with E-state index >= 15 is 0 Å². The Hall–Kier alpha value is 0.150. The largest absolute Gasteiger partial charge is 0.326 e. The highest BCUT2D eigenvalue weighted by Gasteiger charge is 2.34. The molecule has 2 N–H and O–H groups in total. The van der Waals surface area contributed by atoms with Gasteiger partial charge in [-0.25, -0.2) is 8.42 Å². The van der Waals surface area contributed by atoms with Gasteiger partial charge in [-0.1, -0.05) is 30.1 Å². The smallest absolute Gasteiger partial charge is 0.245 e. The van der Waals surface area contributed by atoms with Crippen molar-refractivity contribution >= 4 is 44.6 Å². The van der Waals surface area contributed by atoms with Gasteiger partial charge in [-0.2, -0.15) is 4.31 Å². The first-order valence-electron chi connectivity index (χ1n) is 5.51. The predicted molar refractivity (Wildman–Crippen MR) is 74.9 cm³/mol. The predicted octanol–water partition coefficient (Wildman–Crippen LogP) is 2.41. The Bertz CT molecular complexity index is 534. The molecule has 2 rings (SSSR count). The minimum Gasteiger partial charge on any atom is -0.326 e. The van der Waals surface area contributed by atoms with Crippen molar-refractivity contribution in [1.29, 1.82) is 0 Å². The van der Waals surface area contributed by atoms with E-state index < -0.39 is 10.0 Å². The molecular formula is C10H14Cl2N2O2S2. The molecule has 0 radical (unpaired) electrons. The molecule has 2 unspecified atom stereocenters. The Morgan fingerprint density at radius 1 is 1.44 bits per heavy atom. The zero-order valence-corrected chi connectivity index (χ0v) is 12.9. The van der Waals surface area contributed by atoms with E-state index in [1.807, 2.05) is 6.92 Å². The van der Waals surface area contributed by atoms with Gasteiger partial charge in [-0.3, -0.25) is 0 Å². The molecule has 2 atom stereocenters. The van der Waals surface area contributed by atoms with Crippen molar-refractivity contribution in [3.8, 4) is 0 Å². The summed E-state index contributed by atoms with van der Waals surface area (Å²) in [5, 5.41) is 0. The molecule has 0 saturated carbocycles. The standard InChI is InChI=1S/C10H14Cl2N2O2S2/c1-6-2-7(13)5-14(4-6)18(15,16)8-3-9(11)17-10(8)12/h3,6-7H,2,4-5,13H2,1H3. The zero-order chi connectivity index (χ0) is 13.5. The summed E-state index contributed by atoms with van der Waals surface area (Å²) in [6, 6.07) is 1.27. The van der Waals surface area contributed by atoms with Gasteiger partial charge in [0.15, 0.2) is 0 Å². The Morgan fingerprint density at radius 3 is 2.61 bits per heavy atom. The number of hydrogen-bond acceptors (Lipinski definition) is 4. The molecule has 0 aliphatic carbocycles. The maximum atomic E-state index is 12.4. The molecule has 4 nitrogen and oxygen atoms in total. The van der Waals surface area contributed by atoms with Crippen molar-refractivity contribution < 1.29 is 8.42 Å². The number of nitrogens with two attached hydrogens (primary N) is 1. The third-order valence-electron chi connectivity index (χ3n) is 2.90. The number of hydrogen-bond donors (Lipinski definition) is 1. The van der Waals surface area contributed by atoms with E-state index in [0.717, 1.165) is 17.8 Å². The fourth-order valence-electron chi connectivity index (χ4n) is 2.19. The van der Waals surface area contributed by atoms with Gasteiger partial charge in [-0.15, -0.1) is 11.3 Å². The van der Waals surface area contributed by atoms with Crippen LogP contribution >= 0.6 is 34.5 Å². The molecule has 0 aromatic carbocycles. The van der Waals surface area contributed by atoms with E-state index in [-0.39, 0.29) is 21.2 Å². The Balaban J connectivity index is 2.34. The molecule has 0 spiro atoms. The molecular weight excluding hydrogens is 315 g/mol. The number of rotatable bonds is 2.